The fourth-order valence-electron chi connectivity index (χ4n) is 2.14. The summed E-state index contributed by atoms with van der Waals surface area (Å²) in [6, 6.07) is 7.29. The van der Waals surface area contributed by atoms with Gasteiger partial charge in [0.25, 0.3) is 0 Å². The molecule has 1 saturated heterocycles. The van der Waals surface area contributed by atoms with Crippen LogP contribution in [0.5, 0.6) is 5.75 Å². The zero-order valence-electron chi connectivity index (χ0n) is 10.2. The van der Waals surface area contributed by atoms with Crippen LogP contribution in [0.3, 0.4) is 0 Å². The molecule has 2 N–H and O–H groups in total. The quantitative estimate of drug-likeness (QED) is 0.820. The minimum absolute atomic E-state index is 0.0544. The lowest BCUT2D eigenvalue weighted by Gasteiger charge is -2.20. The first kappa shape index (κ1) is 11.7. The predicted molar refractivity (Wildman–Crippen MR) is 66.8 cm³/mol. The lowest BCUT2D eigenvalue weighted by atomic mass is 9.89. The van der Waals surface area contributed by atoms with E-state index in [-0.39, 0.29) is 5.78 Å². The molecule has 1 aromatic rings. The minimum atomic E-state index is -0.863. The molecule has 0 bridgehead atoms. The largest absolute Gasteiger partial charge is 0.490 e. The van der Waals surface area contributed by atoms with Gasteiger partial charge in [0.2, 0.25) is 0 Å². The highest BCUT2D eigenvalue weighted by atomic mass is 16.5. The number of nitrogens with two attached hydrogens (primary N) is 1. The Kier molecular flexibility index (Phi) is 2.84. The van der Waals surface area contributed by atoms with E-state index in [0.717, 1.165) is 18.6 Å². The summed E-state index contributed by atoms with van der Waals surface area (Å²) in [4.78, 5) is 12.4. The summed E-state index contributed by atoms with van der Waals surface area (Å²) in [7, 11) is 0. The summed E-state index contributed by atoms with van der Waals surface area (Å²) >= 11 is 0. The fourth-order valence-corrected chi connectivity index (χ4v) is 2.14. The van der Waals surface area contributed by atoms with Crippen LogP contribution >= 0.6 is 0 Å². The molecule has 2 fully saturated rings. The molecule has 0 amide bonds. The molecule has 96 valence electrons. The Morgan fingerprint density at radius 2 is 2.28 bits per heavy atom. The number of carbonyl (C=O) groups excluding carboxylic acids is 1. The lowest BCUT2D eigenvalue weighted by molar-refractivity contribution is 0.0862. The molecule has 18 heavy (non-hydrogen) atoms. The van der Waals surface area contributed by atoms with Gasteiger partial charge in [-0.2, -0.15) is 0 Å². The summed E-state index contributed by atoms with van der Waals surface area (Å²) in [5, 5.41) is 0. The number of carbonyl (C=O) groups is 1. The Hall–Kier alpha value is -1.39. The molecule has 1 aliphatic heterocycles. The van der Waals surface area contributed by atoms with Crippen molar-refractivity contribution < 1.29 is 14.3 Å². The molecule has 0 aromatic heterocycles. The van der Waals surface area contributed by atoms with Gasteiger partial charge >= 0.3 is 0 Å². The second-order valence-corrected chi connectivity index (χ2v) is 5.13. The third-order valence-electron chi connectivity index (χ3n) is 3.43. The van der Waals surface area contributed by atoms with Gasteiger partial charge < -0.3 is 15.2 Å². The van der Waals surface area contributed by atoms with Crippen LogP contribution in [-0.4, -0.2) is 30.6 Å². The number of ether oxygens (including phenoxy) is 2. The van der Waals surface area contributed by atoms with Crippen molar-refractivity contribution in [2.45, 2.75) is 30.9 Å². The van der Waals surface area contributed by atoms with E-state index in [9.17, 15) is 4.79 Å². The molecular weight excluding hydrogens is 230 g/mol. The highest BCUT2D eigenvalue weighted by molar-refractivity contribution is 6.03. The monoisotopic (exact) mass is 247 g/mol. The van der Waals surface area contributed by atoms with Gasteiger partial charge in [-0.1, -0.05) is 12.1 Å². The highest BCUT2D eigenvalue weighted by Gasteiger charge is 2.38. The first-order valence-corrected chi connectivity index (χ1v) is 6.35. The molecule has 1 unspecified atom stereocenters. The van der Waals surface area contributed by atoms with E-state index in [1.54, 1.807) is 12.1 Å². The summed E-state index contributed by atoms with van der Waals surface area (Å²) in [6.45, 7) is 0.861. The molecule has 1 aromatic carbocycles. The Bertz CT molecular complexity index is 462. The smallest absolute Gasteiger partial charge is 0.185 e. The van der Waals surface area contributed by atoms with Crippen molar-refractivity contribution in [3.8, 4) is 5.75 Å². The summed E-state index contributed by atoms with van der Waals surface area (Å²) < 4.78 is 10.9. The Balaban J connectivity index is 1.79. The summed E-state index contributed by atoms with van der Waals surface area (Å²) in [5.41, 5.74) is 5.83. The molecule has 0 radical (unpaired) electrons. The molecule has 4 heteroatoms. The molecule has 1 saturated carbocycles. The Labute approximate surface area is 106 Å². The van der Waals surface area contributed by atoms with Gasteiger partial charge in [0.05, 0.1) is 12.7 Å². The molecule has 3 rings (SSSR count). The van der Waals surface area contributed by atoms with Crippen LogP contribution in [0.4, 0.5) is 0 Å². The van der Waals surface area contributed by atoms with Crippen molar-refractivity contribution >= 4 is 5.78 Å². The second kappa shape index (κ2) is 4.37. The lowest BCUT2D eigenvalue weighted by Crippen LogP contribution is -2.48. The average Bonchev–Trinajstić information content (AvgIpc) is 3.08. The summed E-state index contributed by atoms with van der Waals surface area (Å²) in [5.74, 6) is 0.701. The summed E-state index contributed by atoms with van der Waals surface area (Å²) in [6.07, 6.45) is 3.12. The molecule has 1 atom stereocenters. The van der Waals surface area contributed by atoms with E-state index >= 15 is 0 Å². The van der Waals surface area contributed by atoms with Gasteiger partial charge in [0, 0.05) is 12.2 Å². The van der Waals surface area contributed by atoms with Crippen LogP contribution in [0.2, 0.25) is 0 Å². The Morgan fingerprint density at radius 3 is 2.94 bits per heavy atom. The predicted octanol–water partition coefficient (Wildman–Crippen LogP) is 1.53. The maximum Gasteiger partial charge on any atom is 0.185 e. The van der Waals surface area contributed by atoms with Crippen LogP contribution < -0.4 is 10.5 Å². The van der Waals surface area contributed by atoms with Gasteiger partial charge in [-0.25, -0.2) is 0 Å². The number of hydrogen-bond donors (Lipinski definition) is 1. The number of Topliss-reactive ketones (excluding diaryl/α,β-unsaturated/α-hetero) is 1. The van der Waals surface area contributed by atoms with Gasteiger partial charge in [0.15, 0.2) is 5.78 Å². The third-order valence-corrected chi connectivity index (χ3v) is 3.43. The zero-order valence-corrected chi connectivity index (χ0v) is 10.2. The van der Waals surface area contributed by atoms with Crippen molar-refractivity contribution in [1.29, 1.82) is 0 Å². The normalized spacial score (nSPS) is 27.2. The molecule has 4 nitrogen and oxygen atoms in total. The number of benzene rings is 1. The molecule has 0 spiro atoms. The van der Waals surface area contributed by atoms with E-state index in [4.69, 9.17) is 15.2 Å². The second-order valence-electron chi connectivity index (χ2n) is 5.13. The van der Waals surface area contributed by atoms with Crippen molar-refractivity contribution in [3.05, 3.63) is 29.8 Å². The molecule has 1 heterocycles. The third kappa shape index (κ3) is 2.26. The highest BCUT2D eigenvalue weighted by Crippen LogP contribution is 2.28. The fraction of sp³-hybridized carbons (Fsp3) is 0.500. The van der Waals surface area contributed by atoms with E-state index in [1.165, 1.54) is 0 Å². The van der Waals surface area contributed by atoms with Crippen LogP contribution in [0.15, 0.2) is 24.3 Å². The maximum atomic E-state index is 12.4. The zero-order chi connectivity index (χ0) is 12.6. The van der Waals surface area contributed by atoms with Crippen LogP contribution in [0.1, 0.15) is 29.6 Å². The molecular formula is C14H17NO3. The van der Waals surface area contributed by atoms with Crippen molar-refractivity contribution in [2.75, 3.05) is 13.2 Å². The maximum absolute atomic E-state index is 12.4. The first-order chi connectivity index (χ1) is 8.67. The van der Waals surface area contributed by atoms with Gasteiger partial charge in [-0.3, -0.25) is 4.79 Å². The van der Waals surface area contributed by atoms with E-state index in [1.807, 2.05) is 12.1 Å². The van der Waals surface area contributed by atoms with Gasteiger partial charge in [-0.15, -0.1) is 0 Å². The van der Waals surface area contributed by atoms with Crippen molar-refractivity contribution in [3.63, 3.8) is 0 Å². The van der Waals surface area contributed by atoms with Gasteiger partial charge in [0.1, 0.15) is 11.3 Å². The van der Waals surface area contributed by atoms with Gasteiger partial charge in [-0.05, 0) is 31.4 Å². The SMILES string of the molecule is NC1(C(=O)c2cccc(OC3CC3)c2)CCOC1. The van der Waals surface area contributed by atoms with E-state index in [2.05, 4.69) is 0 Å². The number of ketones is 1. The number of rotatable bonds is 4. The van der Waals surface area contributed by atoms with Crippen LogP contribution in [0, 0.1) is 0 Å². The first-order valence-electron chi connectivity index (χ1n) is 6.35. The standard InChI is InChI=1S/C14H17NO3/c15-14(6-7-17-9-14)13(16)10-2-1-3-12(8-10)18-11-4-5-11/h1-3,8,11H,4-7,9,15H2. The average molecular weight is 247 g/mol. The van der Waals surface area contributed by atoms with Crippen molar-refractivity contribution in [1.82, 2.24) is 0 Å². The van der Waals surface area contributed by atoms with Crippen LogP contribution in [-0.2, 0) is 4.74 Å². The van der Waals surface area contributed by atoms with E-state index in [0.29, 0.717) is 31.3 Å². The van der Waals surface area contributed by atoms with Crippen molar-refractivity contribution in [2.24, 2.45) is 5.73 Å². The minimum Gasteiger partial charge on any atom is -0.490 e. The van der Waals surface area contributed by atoms with E-state index < -0.39 is 5.54 Å². The topological polar surface area (TPSA) is 61.6 Å². The molecule has 2 aliphatic rings. The molecule has 1 aliphatic carbocycles. The Morgan fingerprint density at radius 1 is 1.44 bits per heavy atom. The van der Waals surface area contributed by atoms with Crippen LogP contribution in [0.25, 0.3) is 0 Å². The number of hydrogen-bond acceptors (Lipinski definition) is 4.